The second-order valence-electron chi connectivity index (χ2n) is 7.10. The number of benzene rings is 1. The van der Waals surface area contributed by atoms with Gasteiger partial charge in [0.2, 0.25) is 11.1 Å². The summed E-state index contributed by atoms with van der Waals surface area (Å²) in [5, 5.41) is 13.0. The number of aromatic amines is 1. The molecular weight excluding hydrogens is 346 g/mol. The van der Waals surface area contributed by atoms with Crippen LogP contribution in [-0.4, -0.2) is 37.4 Å². The summed E-state index contributed by atoms with van der Waals surface area (Å²) in [5.74, 6) is 0.597. The maximum atomic E-state index is 12.5. The van der Waals surface area contributed by atoms with Crippen molar-refractivity contribution in [3.8, 4) is 0 Å². The number of nitrogens with zero attached hydrogens (tertiary/aromatic N) is 3. The zero-order valence-electron chi connectivity index (χ0n) is 15.0. The van der Waals surface area contributed by atoms with Gasteiger partial charge in [0.25, 0.3) is 0 Å². The molecule has 0 saturated heterocycles. The Morgan fingerprint density at radius 1 is 1.27 bits per heavy atom. The van der Waals surface area contributed by atoms with Crippen LogP contribution in [0.2, 0.25) is 0 Å². The zero-order chi connectivity index (χ0) is 18.1. The molecule has 0 aliphatic heterocycles. The maximum Gasteiger partial charge on any atom is 0.233 e. The molecule has 1 amide bonds. The van der Waals surface area contributed by atoms with Crippen LogP contribution in [0, 0.1) is 5.92 Å². The molecule has 1 aliphatic carbocycles. The summed E-state index contributed by atoms with van der Waals surface area (Å²) in [6.45, 7) is 4.12. The van der Waals surface area contributed by atoms with E-state index >= 15 is 0 Å². The number of rotatable bonds is 4. The molecule has 0 bridgehead atoms. The minimum atomic E-state index is -0.257. The fourth-order valence-electron chi connectivity index (χ4n) is 3.60. The first-order valence-corrected chi connectivity index (χ1v) is 10.1. The Kier molecular flexibility index (Phi) is 4.80. The summed E-state index contributed by atoms with van der Waals surface area (Å²) in [6.07, 6.45) is 4.72. The van der Waals surface area contributed by atoms with Gasteiger partial charge < -0.3 is 10.3 Å². The molecule has 1 saturated carbocycles. The summed E-state index contributed by atoms with van der Waals surface area (Å²) in [7, 11) is 0. The number of carbonyl (C=O) groups excluding carboxylic acids is 1. The van der Waals surface area contributed by atoms with Gasteiger partial charge in [0.05, 0.1) is 5.25 Å². The van der Waals surface area contributed by atoms with Gasteiger partial charge in [-0.15, -0.1) is 10.2 Å². The average Bonchev–Trinajstić information content (AvgIpc) is 3.01. The van der Waals surface area contributed by atoms with Gasteiger partial charge in [-0.1, -0.05) is 49.7 Å². The topological polar surface area (TPSA) is 83.6 Å². The number of fused-ring (bicyclic) bond motifs is 3. The van der Waals surface area contributed by atoms with Crippen molar-refractivity contribution in [1.82, 2.24) is 25.5 Å². The van der Waals surface area contributed by atoms with Gasteiger partial charge in [0.15, 0.2) is 5.65 Å². The molecule has 0 radical (unpaired) electrons. The normalized spacial score (nSPS) is 21.8. The number of hydrogen-bond acceptors (Lipinski definition) is 5. The van der Waals surface area contributed by atoms with E-state index in [4.69, 9.17) is 0 Å². The van der Waals surface area contributed by atoms with Crippen molar-refractivity contribution in [2.75, 3.05) is 0 Å². The summed E-state index contributed by atoms with van der Waals surface area (Å²) >= 11 is 1.35. The lowest BCUT2D eigenvalue weighted by atomic mass is 9.86. The van der Waals surface area contributed by atoms with Crippen molar-refractivity contribution in [3.05, 3.63) is 24.3 Å². The van der Waals surface area contributed by atoms with Crippen LogP contribution in [0.15, 0.2) is 29.4 Å². The maximum absolute atomic E-state index is 12.5. The lowest BCUT2D eigenvalue weighted by molar-refractivity contribution is -0.121. The number of thioether (sulfide) groups is 1. The van der Waals surface area contributed by atoms with Crippen LogP contribution in [-0.2, 0) is 4.79 Å². The highest BCUT2D eigenvalue weighted by Gasteiger charge is 2.25. The van der Waals surface area contributed by atoms with Gasteiger partial charge in [-0.05, 0) is 31.7 Å². The summed E-state index contributed by atoms with van der Waals surface area (Å²) in [4.78, 5) is 20.4. The predicted molar refractivity (Wildman–Crippen MR) is 104 cm³/mol. The molecule has 1 aromatic carbocycles. The number of H-pyrrole nitrogens is 1. The van der Waals surface area contributed by atoms with Crippen LogP contribution in [0.1, 0.15) is 39.5 Å². The highest BCUT2D eigenvalue weighted by atomic mass is 32.2. The molecule has 1 fully saturated rings. The number of nitrogens with one attached hydrogen (secondary N) is 2. The van der Waals surface area contributed by atoms with Crippen LogP contribution in [0.5, 0.6) is 0 Å². The number of carbonyl (C=O) groups is 1. The van der Waals surface area contributed by atoms with Crippen molar-refractivity contribution in [2.24, 2.45) is 5.92 Å². The fourth-order valence-corrected chi connectivity index (χ4v) is 4.32. The van der Waals surface area contributed by atoms with Gasteiger partial charge in [0.1, 0.15) is 5.52 Å². The summed E-state index contributed by atoms with van der Waals surface area (Å²) in [5.41, 5.74) is 2.46. The zero-order valence-corrected chi connectivity index (χ0v) is 15.8. The van der Waals surface area contributed by atoms with E-state index in [2.05, 4.69) is 32.4 Å². The standard InChI is InChI=1S/C19H23N5OS/c1-11-7-3-5-9-14(11)21-18(25)12(2)26-19-22-17-16(23-24-19)13-8-4-6-10-15(13)20-17/h4,6,8,10-12,14H,3,5,7,9H2,1-2H3,(H,21,25)(H,20,22,24)/t11-,12+,14-/m1/s1. The van der Waals surface area contributed by atoms with E-state index in [-0.39, 0.29) is 17.2 Å². The second-order valence-corrected chi connectivity index (χ2v) is 8.41. The first kappa shape index (κ1) is 17.3. The first-order chi connectivity index (χ1) is 12.6. The molecule has 2 heterocycles. The smallest absolute Gasteiger partial charge is 0.233 e. The van der Waals surface area contributed by atoms with Crippen LogP contribution in [0.25, 0.3) is 22.1 Å². The van der Waals surface area contributed by atoms with Crippen molar-refractivity contribution >= 4 is 39.7 Å². The molecule has 1 aliphatic rings. The van der Waals surface area contributed by atoms with E-state index in [0.29, 0.717) is 16.7 Å². The molecule has 4 rings (SSSR count). The SMILES string of the molecule is C[C@H](Sc1nnc2c(n1)[nH]c1ccccc12)C(=O)N[C@@H]1CCCC[C@H]1C. The van der Waals surface area contributed by atoms with Crippen molar-refractivity contribution in [2.45, 2.75) is 56.0 Å². The van der Waals surface area contributed by atoms with Crippen molar-refractivity contribution in [1.29, 1.82) is 0 Å². The number of amides is 1. The van der Waals surface area contributed by atoms with Gasteiger partial charge >= 0.3 is 0 Å². The molecule has 2 N–H and O–H groups in total. The molecule has 7 heteroatoms. The second kappa shape index (κ2) is 7.23. The first-order valence-electron chi connectivity index (χ1n) is 9.20. The summed E-state index contributed by atoms with van der Waals surface area (Å²) in [6, 6.07) is 8.22. The summed E-state index contributed by atoms with van der Waals surface area (Å²) < 4.78 is 0. The highest BCUT2D eigenvalue weighted by Crippen LogP contribution is 2.27. The molecule has 0 spiro atoms. The van der Waals surface area contributed by atoms with E-state index in [0.717, 1.165) is 22.8 Å². The van der Waals surface area contributed by atoms with E-state index < -0.39 is 0 Å². The molecule has 6 nitrogen and oxygen atoms in total. The Hall–Kier alpha value is -2.15. The fraction of sp³-hybridized carbons (Fsp3) is 0.474. The van der Waals surface area contributed by atoms with Crippen molar-refractivity contribution < 1.29 is 4.79 Å². The van der Waals surface area contributed by atoms with E-state index in [1.54, 1.807) is 0 Å². The molecule has 3 atom stereocenters. The average molecular weight is 369 g/mol. The Labute approximate surface area is 156 Å². The van der Waals surface area contributed by atoms with Gasteiger partial charge in [0, 0.05) is 16.9 Å². The van der Waals surface area contributed by atoms with Gasteiger partial charge in [-0.3, -0.25) is 4.79 Å². The Morgan fingerprint density at radius 3 is 2.92 bits per heavy atom. The third-order valence-corrected chi connectivity index (χ3v) is 6.14. The van der Waals surface area contributed by atoms with Crippen LogP contribution < -0.4 is 5.32 Å². The lowest BCUT2D eigenvalue weighted by Gasteiger charge is -2.30. The Balaban J connectivity index is 1.47. The molecule has 26 heavy (non-hydrogen) atoms. The van der Waals surface area contributed by atoms with Crippen molar-refractivity contribution in [3.63, 3.8) is 0 Å². The number of hydrogen-bond donors (Lipinski definition) is 2. The third kappa shape index (κ3) is 3.40. The minimum Gasteiger partial charge on any atom is -0.352 e. The number of aromatic nitrogens is 4. The molecular formula is C19H23N5OS. The minimum absolute atomic E-state index is 0.0501. The van der Waals surface area contributed by atoms with E-state index in [1.165, 1.54) is 31.0 Å². The van der Waals surface area contributed by atoms with E-state index in [1.807, 2.05) is 31.2 Å². The van der Waals surface area contributed by atoms with Crippen LogP contribution in [0.3, 0.4) is 0 Å². The molecule has 136 valence electrons. The lowest BCUT2D eigenvalue weighted by Crippen LogP contribution is -2.44. The quantitative estimate of drug-likeness (QED) is 0.686. The molecule has 3 aromatic rings. The van der Waals surface area contributed by atoms with Gasteiger partial charge in [-0.25, -0.2) is 4.98 Å². The predicted octanol–water partition coefficient (Wildman–Crippen LogP) is 3.68. The molecule has 2 aromatic heterocycles. The van der Waals surface area contributed by atoms with Gasteiger partial charge in [-0.2, -0.15) is 0 Å². The Bertz CT molecular complexity index is 940. The monoisotopic (exact) mass is 369 g/mol. The number of para-hydroxylation sites is 1. The van der Waals surface area contributed by atoms with Crippen LogP contribution >= 0.6 is 11.8 Å². The van der Waals surface area contributed by atoms with Crippen LogP contribution in [0.4, 0.5) is 0 Å². The van der Waals surface area contributed by atoms with E-state index in [9.17, 15) is 4.79 Å². The third-order valence-electron chi connectivity index (χ3n) is 5.19. The highest BCUT2D eigenvalue weighted by molar-refractivity contribution is 8.00. The largest absolute Gasteiger partial charge is 0.352 e. The molecule has 0 unspecified atom stereocenters. The Morgan fingerprint density at radius 2 is 2.08 bits per heavy atom.